The third-order valence-corrected chi connectivity index (χ3v) is 5.75. The highest BCUT2D eigenvalue weighted by Gasteiger charge is 2.28. The second-order valence-electron chi connectivity index (χ2n) is 7.47. The van der Waals surface area contributed by atoms with Gasteiger partial charge in [0.15, 0.2) is 5.78 Å². The number of halogens is 2. The summed E-state index contributed by atoms with van der Waals surface area (Å²) >= 11 is 12.5. The van der Waals surface area contributed by atoms with Gasteiger partial charge < -0.3 is 16.0 Å². The topological polar surface area (TPSA) is 92.5 Å². The Morgan fingerprint density at radius 2 is 1.61 bits per heavy atom. The smallest absolute Gasteiger partial charge is 0.243 e. The Balaban J connectivity index is 2.02. The third kappa shape index (κ3) is 6.12. The number of likely N-dealkylation sites (N-methyl/N-ethyl adjacent to an activating group) is 1. The fourth-order valence-corrected chi connectivity index (χ4v) is 3.88. The number of carbonyl (C=O) groups excluding carboxylic acids is 3. The third-order valence-electron chi connectivity index (χ3n) is 5.18. The molecule has 0 heterocycles. The van der Waals surface area contributed by atoms with E-state index in [4.69, 9.17) is 28.9 Å². The lowest BCUT2D eigenvalue weighted by Crippen LogP contribution is -2.49. The van der Waals surface area contributed by atoms with E-state index in [1.807, 2.05) is 30.3 Å². The Labute approximate surface area is 202 Å². The minimum absolute atomic E-state index is 0.288. The van der Waals surface area contributed by atoms with Crippen LogP contribution in [0.1, 0.15) is 21.5 Å². The Morgan fingerprint density at radius 1 is 0.939 bits per heavy atom. The molecule has 0 aliphatic heterocycles. The Hall–Kier alpha value is -3.35. The van der Waals surface area contributed by atoms with Crippen molar-refractivity contribution in [3.8, 4) is 0 Å². The highest BCUT2D eigenvalue weighted by atomic mass is 35.5. The number of hydrogen-bond acceptors (Lipinski definition) is 4. The van der Waals surface area contributed by atoms with Crippen molar-refractivity contribution >= 4 is 46.5 Å². The van der Waals surface area contributed by atoms with Gasteiger partial charge in [-0.1, -0.05) is 65.7 Å². The van der Waals surface area contributed by atoms with Gasteiger partial charge in [0.25, 0.3) is 0 Å². The number of carbonyl (C=O) groups is 3. The molecular weight excluding hydrogens is 461 g/mol. The SMILES string of the molecule is CN(c1ccc(Cl)cc1C(=O)c1ccccc1Cl)C(Cc1ccccc1)C(=O)NCC(N)=O. The maximum atomic E-state index is 13.4. The van der Waals surface area contributed by atoms with E-state index in [2.05, 4.69) is 5.32 Å². The average molecular weight is 484 g/mol. The molecule has 8 heteroatoms. The predicted molar refractivity (Wildman–Crippen MR) is 131 cm³/mol. The van der Waals surface area contributed by atoms with Gasteiger partial charge in [0, 0.05) is 35.3 Å². The second kappa shape index (κ2) is 11.0. The summed E-state index contributed by atoms with van der Waals surface area (Å²) in [5.41, 5.74) is 7.25. The Morgan fingerprint density at radius 3 is 2.27 bits per heavy atom. The van der Waals surface area contributed by atoms with Crippen molar-refractivity contribution in [1.29, 1.82) is 0 Å². The zero-order valence-corrected chi connectivity index (χ0v) is 19.4. The van der Waals surface area contributed by atoms with Crippen LogP contribution >= 0.6 is 23.2 Å². The maximum Gasteiger partial charge on any atom is 0.243 e. The van der Waals surface area contributed by atoms with E-state index in [-0.39, 0.29) is 12.3 Å². The highest BCUT2D eigenvalue weighted by molar-refractivity contribution is 6.35. The summed E-state index contributed by atoms with van der Waals surface area (Å²) < 4.78 is 0. The molecule has 1 atom stereocenters. The van der Waals surface area contributed by atoms with E-state index in [0.29, 0.717) is 33.3 Å². The van der Waals surface area contributed by atoms with E-state index < -0.39 is 17.9 Å². The summed E-state index contributed by atoms with van der Waals surface area (Å²) in [5, 5.41) is 3.26. The molecular formula is C25H23Cl2N3O3. The molecule has 33 heavy (non-hydrogen) atoms. The number of benzene rings is 3. The monoisotopic (exact) mass is 483 g/mol. The van der Waals surface area contributed by atoms with Gasteiger partial charge in [-0.3, -0.25) is 14.4 Å². The summed E-state index contributed by atoms with van der Waals surface area (Å²) in [4.78, 5) is 39.3. The molecule has 0 aliphatic carbocycles. The number of nitrogens with two attached hydrogens (primary N) is 1. The van der Waals surface area contributed by atoms with Crippen LogP contribution < -0.4 is 16.0 Å². The van der Waals surface area contributed by atoms with E-state index >= 15 is 0 Å². The molecule has 3 aromatic carbocycles. The number of ketones is 1. The van der Waals surface area contributed by atoms with E-state index in [1.54, 1.807) is 54.4 Å². The lowest BCUT2D eigenvalue weighted by Gasteiger charge is -2.31. The van der Waals surface area contributed by atoms with E-state index in [9.17, 15) is 14.4 Å². The first-order valence-electron chi connectivity index (χ1n) is 10.2. The average Bonchev–Trinajstić information content (AvgIpc) is 2.81. The fraction of sp³-hybridized carbons (Fsp3) is 0.160. The molecule has 170 valence electrons. The zero-order valence-electron chi connectivity index (χ0n) is 17.9. The summed E-state index contributed by atoms with van der Waals surface area (Å²) in [7, 11) is 1.71. The van der Waals surface area contributed by atoms with Crippen LogP contribution in [0.4, 0.5) is 5.69 Å². The second-order valence-corrected chi connectivity index (χ2v) is 8.31. The van der Waals surface area contributed by atoms with E-state index in [0.717, 1.165) is 5.56 Å². The number of anilines is 1. The van der Waals surface area contributed by atoms with Crippen molar-refractivity contribution < 1.29 is 14.4 Å². The summed E-state index contributed by atoms with van der Waals surface area (Å²) in [6.07, 6.45) is 0.338. The number of hydrogen-bond donors (Lipinski definition) is 2. The highest BCUT2D eigenvalue weighted by Crippen LogP contribution is 2.30. The van der Waals surface area contributed by atoms with E-state index in [1.165, 1.54) is 0 Å². The molecule has 1 unspecified atom stereocenters. The largest absolute Gasteiger partial charge is 0.368 e. The molecule has 0 saturated carbocycles. The van der Waals surface area contributed by atoms with Crippen molar-refractivity contribution in [2.75, 3.05) is 18.5 Å². The predicted octanol–water partition coefficient (Wildman–Crippen LogP) is 3.87. The van der Waals surface area contributed by atoms with Gasteiger partial charge >= 0.3 is 0 Å². The minimum atomic E-state index is -0.731. The number of amides is 2. The molecule has 3 N–H and O–H groups in total. The molecule has 6 nitrogen and oxygen atoms in total. The van der Waals surface area contributed by atoms with Gasteiger partial charge in [-0.05, 0) is 35.9 Å². The lowest BCUT2D eigenvalue weighted by atomic mass is 9.98. The molecule has 3 rings (SSSR count). The van der Waals surface area contributed by atoms with Crippen LogP contribution in [0.3, 0.4) is 0 Å². The van der Waals surface area contributed by atoms with Crippen LogP contribution in [-0.4, -0.2) is 37.2 Å². The van der Waals surface area contributed by atoms with Gasteiger partial charge in [-0.2, -0.15) is 0 Å². The van der Waals surface area contributed by atoms with Crippen LogP contribution in [-0.2, 0) is 16.0 Å². The van der Waals surface area contributed by atoms with Gasteiger partial charge in [-0.15, -0.1) is 0 Å². The van der Waals surface area contributed by atoms with Crippen LogP contribution in [0.2, 0.25) is 10.0 Å². The fourth-order valence-electron chi connectivity index (χ4n) is 3.49. The van der Waals surface area contributed by atoms with Crippen molar-refractivity contribution in [2.24, 2.45) is 5.73 Å². The maximum absolute atomic E-state index is 13.4. The molecule has 0 aromatic heterocycles. The van der Waals surface area contributed by atoms with Gasteiger partial charge in [0.2, 0.25) is 11.8 Å². The number of rotatable bonds is 9. The molecule has 0 fully saturated rings. The Kier molecular flexibility index (Phi) is 8.09. The normalized spacial score (nSPS) is 11.5. The summed E-state index contributed by atoms with van der Waals surface area (Å²) in [6.45, 7) is -0.288. The summed E-state index contributed by atoms with van der Waals surface area (Å²) in [6, 6.07) is 20.3. The van der Waals surface area contributed by atoms with Crippen LogP contribution in [0.15, 0.2) is 72.8 Å². The lowest BCUT2D eigenvalue weighted by molar-refractivity contribution is -0.125. The minimum Gasteiger partial charge on any atom is -0.368 e. The molecule has 0 bridgehead atoms. The number of nitrogens with zero attached hydrogens (tertiary/aromatic N) is 1. The molecule has 0 aliphatic rings. The van der Waals surface area contributed by atoms with Gasteiger partial charge in [0.05, 0.1) is 11.6 Å². The molecule has 0 saturated heterocycles. The van der Waals surface area contributed by atoms with Crippen LogP contribution in [0, 0.1) is 0 Å². The Bertz CT molecular complexity index is 1170. The first-order valence-corrected chi connectivity index (χ1v) is 10.9. The zero-order chi connectivity index (χ0) is 24.0. The van der Waals surface area contributed by atoms with Crippen molar-refractivity contribution in [3.05, 3.63) is 99.5 Å². The standard InChI is InChI=1S/C25H23Cl2N3O3/c1-30(22(25(33)29-15-23(28)31)13-16-7-3-2-4-8-16)21-12-11-17(26)14-19(21)24(32)18-9-5-6-10-20(18)27/h2-12,14,22H,13,15H2,1H3,(H2,28,31)(H,29,33). The molecule has 0 spiro atoms. The van der Waals surface area contributed by atoms with Crippen molar-refractivity contribution in [2.45, 2.75) is 12.5 Å². The van der Waals surface area contributed by atoms with Crippen molar-refractivity contribution in [1.82, 2.24) is 5.32 Å². The van der Waals surface area contributed by atoms with Crippen LogP contribution in [0.5, 0.6) is 0 Å². The molecule has 2 amide bonds. The summed E-state index contributed by atoms with van der Waals surface area (Å²) in [5.74, 6) is -1.36. The molecule has 0 radical (unpaired) electrons. The van der Waals surface area contributed by atoms with Gasteiger partial charge in [-0.25, -0.2) is 0 Å². The van der Waals surface area contributed by atoms with Gasteiger partial charge in [0.1, 0.15) is 6.04 Å². The number of primary amides is 1. The number of nitrogens with one attached hydrogen (secondary N) is 1. The van der Waals surface area contributed by atoms with Crippen LogP contribution in [0.25, 0.3) is 0 Å². The first kappa shape index (κ1) is 24.3. The first-order chi connectivity index (χ1) is 15.8. The van der Waals surface area contributed by atoms with Crippen molar-refractivity contribution in [3.63, 3.8) is 0 Å². The quantitative estimate of drug-likeness (QED) is 0.451. The molecule has 3 aromatic rings.